The molecule has 0 fully saturated rings. The second kappa shape index (κ2) is 9.01. The van der Waals surface area contributed by atoms with Crippen molar-refractivity contribution in [3.05, 3.63) is 75.9 Å². The van der Waals surface area contributed by atoms with Crippen LogP contribution in [-0.4, -0.2) is 24.4 Å². The number of nitrogens with one attached hydrogen (secondary N) is 2. The summed E-state index contributed by atoms with van der Waals surface area (Å²) < 4.78 is 10.2. The lowest BCUT2D eigenvalue weighted by Gasteiger charge is -2.11. The van der Waals surface area contributed by atoms with Crippen LogP contribution in [0.15, 0.2) is 59.2 Å². The number of para-hydroxylation sites is 1. The van der Waals surface area contributed by atoms with Gasteiger partial charge in [0.1, 0.15) is 10.6 Å². The van der Waals surface area contributed by atoms with Crippen LogP contribution in [0.5, 0.6) is 0 Å². The van der Waals surface area contributed by atoms with Crippen LogP contribution in [0.1, 0.15) is 30.7 Å². The number of rotatable bonds is 7. The zero-order valence-electron chi connectivity index (χ0n) is 15.1. The third kappa shape index (κ3) is 5.08. The van der Waals surface area contributed by atoms with E-state index in [0.29, 0.717) is 21.9 Å². The average molecular weight is 398 g/mol. The third-order valence-electron chi connectivity index (χ3n) is 3.72. The Morgan fingerprint density at radius 2 is 1.89 bits per heavy atom. The molecule has 8 heteroatoms. The van der Waals surface area contributed by atoms with Crippen LogP contribution in [0.3, 0.4) is 0 Å². The first kappa shape index (κ1) is 19.4. The number of esters is 1. The number of anilines is 1. The van der Waals surface area contributed by atoms with Crippen molar-refractivity contribution >= 4 is 34.8 Å². The van der Waals surface area contributed by atoms with Gasteiger partial charge in [-0.3, -0.25) is 9.59 Å². The van der Waals surface area contributed by atoms with E-state index in [1.165, 1.54) is 17.6 Å². The predicted molar refractivity (Wildman–Crippen MR) is 104 cm³/mol. The number of carbonyl (C=O) groups is 3. The Hall–Kier alpha value is -3.39. The molecule has 0 saturated carbocycles. The highest BCUT2D eigenvalue weighted by atomic mass is 32.1. The van der Waals surface area contributed by atoms with Crippen LogP contribution in [0, 0.1) is 6.92 Å². The molecule has 0 aliphatic carbocycles. The van der Waals surface area contributed by atoms with Crippen molar-refractivity contribution in [2.75, 3.05) is 11.9 Å². The van der Waals surface area contributed by atoms with E-state index in [0.717, 1.165) is 4.88 Å². The van der Waals surface area contributed by atoms with Crippen molar-refractivity contribution in [2.45, 2.75) is 13.5 Å². The molecule has 0 radical (unpaired) electrons. The largest absolute Gasteiger partial charge is 0.467 e. The minimum absolute atomic E-state index is 0.228. The van der Waals surface area contributed by atoms with Gasteiger partial charge in [0.15, 0.2) is 6.61 Å². The van der Waals surface area contributed by atoms with Crippen molar-refractivity contribution in [2.24, 2.45) is 0 Å². The van der Waals surface area contributed by atoms with E-state index in [1.807, 2.05) is 6.92 Å². The minimum Gasteiger partial charge on any atom is -0.467 e. The number of ether oxygens (including phenoxy) is 1. The van der Waals surface area contributed by atoms with Crippen LogP contribution < -0.4 is 10.6 Å². The monoisotopic (exact) mass is 398 g/mol. The molecule has 28 heavy (non-hydrogen) atoms. The van der Waals surface area contributed by atoms with E-state index in [2.05, 4.69) is 10.6 Å². The summed E-state index contributed by atoms with van der Waals surface area (Å²) in [5, 5.41) is 5.32. The smallest absolute Gasteiger partial charge is 0.348 e. The quantitative estimate of drug-likeness (QED) is 0.595. The van der Waals surface area contributed by atoms with Crippen LogP contribution >= 0.6 is 11.3 Å². The number of aryl methyl sites for hydroxylation is 1. The summed E-state index contributed by atoms with van der Waals surface area (Å²) in [6.07, 6.45) is 1.52. The molecule has 0 atom stereocenters. The fourth-order valence-electron chi connectivity index (χ4n) is 2.40. The standard InChI is InChI=1S/C20H18N2O5S/c1-13-8-9-17(28-13)20(25)27-12-18(23)22-16-7-3-2-6-15(16)19(24)21-11-14-5-4-10-26-14/h2-10H,11-12H2,1H3,(H,21,24)(H,22,23). The van der Waals surface area contributed by atoms with E-state index in [4.69, 9.17) is 9.15 Å². The lowest BCUT2D eigenvalue weighted by atomic mass is 10.1. The van der Waals surface area contributed by atoms with Gasteiger partial charge in [-0.1, -0.05) is 12.1 Å². The van der Waals surface area contributed by atoms with Gasteiger partial charge >= 0.3 is 5.97 Å². The molecule has 0 saturated heterocycles. The fraction of sp³-hybridized carbons (Fsp3) is 0.150. The Morgan fingerprint density at radius 1 is 1.07 bits per heavy atom. The Balaban J connectivity index is 1.56. The minimum atomic E-state index is -0.558. The van der Waals surface area contributed by atoms with Crippen molar-refractivity contribution in [1.29, 1.82) is 0 Å². The Kier molecular flexibility index (Phi) is 6.23. The van der Waals surface area contributed by atoms with E-state index in [9.17, 15) is 14.4 Å². The summed E-state index contributed by atoms with van der Waals surface area (Å²) in [7, 11) is 0. The van der Waals surface area contributed by atoms with Gasteiger partial charge in [-0.2, -0.15) is 0 Å². The lowest BCUT2D eigenvalue weighted by Crippen LogP contribution is -2.26. The van der Waals surface area contributed by atoms with Gasteiger partial charge in [0.05, 0.1) is 24.1 Å². The number of carbonyl (C=O) groups excluding carboxylic acids is 3. The number of thiophene rings is 1. The second-order valence-electron chi connectivity index (χ2n) is 5.84. The molecule has 1 aromatic carbocycles. The van der Waals surface area contributed by atoms with Crippen LogP contribution in [0.4, 0.5) is 5.69 Å². The molecule has 0 spiro atoms. The number of furan rings is 1. The molecule has 0 bridgehead atoms. The van der Waals surface area contributed by atoms with Crippen molar-refractivity contribution < 1.29 is 23.5 Å². The molecule has 0 aliphatic rings. The molecule has 2 heterocycles. The summed E-state index contributed by atoms with van der Waals surface area (Å²) in [4.78, 5) is 37.9. The Labute approximate surface area is 165 Å². The molecule has 3 rings (SSSR count). The first-order valence-corrected chi connectivity index (χ1v) is 9.27. The first-order valence-electron chi connectivity index (χ1n) is 8.46. The molecular formula is C20H18N2O5S. The lowest BCUT2D eigenvalue weighted by molar-refractivity contribution is -0.119. The van der Waals surface area contributed by atoms with Gasteiger partial charge in [-0.25, -0.2) is 4.79 Å². The average Bonchev–Trinajstić information content (AvgIpc) is 3.36. The second-order valence-corrected chi connectivity index (χ2v) is 7.13. The van der Waals surface area contributed by atoms with Gasteiger partial charge in [0.25, 0.3) is 11.8 Å². The van der Waals surface area contributed by atoms with Crippen LogP contribution in [0.2, 0.25) is 0 Å². The highest BCUT2D eigenvalue weighted by molar-refractivity contribution is 7.13. The maximum atomic E-state index is 12.4. The normalized spacial score (nSPS) is 10.3. The Morgan fingerprint density at radius 3 is 2.61 bits per heavy atom. The van der Waals surface area contributed by atoms with E-state index in [-0.39, 0.29) is 12.5 Å². The van der Waals surface area contributed by atoms with Crippen molar-refractivity contribution in [3.8, 4) is 0 Å². The molecule has 144 valence electrons. The number of amides is 2. The highest BCUT2D eigenvalue weighted by Crippen LogP contribution is 2.17. The van der Waals surface area contributed by atoms with Gasteiger partial charge < -0.3 is 19.8 Å². The molecule has 0 aliphatic heterocycles. The summed E-state index contributed by atoms with van der Waals surface area (Å²) in [6.45, 7) is 1.66. The maximum absolute atomic E-state index is 12.4. The Bertz CT molecular complexity index is 978. The van der Waals surface area contributed by atoms with Gasteiger partial charge in [-0.15, -0.1) is 11.3 Å². The van der Waals surface area contributed by atoms with E-state index in [1.54, 1.807) is 48.5 Å². The molecular weight excluding hydrogens is 380 g/mol. The molecule has 3 aromatic rings. The SMILES string of the molecule is Cc1ccc(C(=O)OCC(=O)Nc2ccccc2C(=O)NCc2ccco2)s1. The molecule has 2 N–H and O–H groups in total. The summed E-state index contributed by atoms with van der Waals surface area (Å²) in [5.74, 6) is -0.838. The predicted octanol–water partition coefficient (Wildman–Crippen LogP) is 3.38. The maximum Gasteiger partial charge on any atom is 0.348 e. The van der Waals surface area contributed by atoms with Crippen molar-refractivity contribution in [3.63, 3.8) is 0 Å². The topological polar surface area (TPSA) is 97.6 Å². The highest BCUT2D eigenvalue weighted by Gasteiger charge is 2.15. The number of hydrogen-bond donors (Lipinski definition) is 2. The summed E-state index contributed by atoms with van der Waals surface area (Å²) in [6, 6.07) is 13.5. The van der Waals surface area contributed by atoms with E-state index >= 15 is 0 Å². The molecule has 2 aromatic heterocycles. The first-order chi connectivity index (χ1) is 13.5. The van der Waals surface area contributed by atoms with Crippen LogP contribution in [-0.2, 0) is 16.1 Å². The van der Waals surface area contributed by atoms with Gasteiger partial charge in [0, 0.05) is 4.88 Å². The van der Waals surface area contributed by atoms with Gasteiger partial charge in [-0.05, 0) is 43.3 Å². The fourth-order valence-corrected chi connectivity index (χ4v) is 3.16. The molecule has 2 amide bonds. The number of hydrogen-bond acceptors (Lipinski definition) is 6. The number of benzene rings is 1. The third-order valence-corrected chi connectivity index (χ3v) is 4.71. The zero-order chi connectivity index (χ0) is 19.9. The van der Waals surface area contributed by atoms with Crippen molar-refractivity contribution in [1.82, 2.24) is 5.32 Å². The zero-order valence-corrected chi connectivity index (χ0v) is 15.9. The summed E-state index contributed by atoms with van der Waals surface area (Å²) >= 11 is 1.30. The van der Waals surface area contributed by atoms with Crippen LogP contribution in [0.25, 0.3) is 0 Å². The molecule has 0 unspecified atom stereocenters. The summed E-state index contributed by atoms with van der Waals surface area (Å²) in [5.41, 5.74) is 0.620. The van der Waals surface area contributed by atoms with Gasteiger partial charge in [0.2, 0.25) is 0 Å². The molecule has 7 nitrogen and oxygen atoms in total. The van der Waals surface area contributed by atoms with E-state index < -0.39 is 18.5 Å².